The number of nitrogens with one attached hydrogen (secondary N) is 1. The Morgan fingerprint density at radius 1 is 0.758 bits per heavy atom. The van der Waals surface area contributed by atoms with Gasteiger partial charge in [0.15, 0.2) is 0 Å². The number of amides is 1. The molecule has 2 N–H and O–H groups in total. The maximum atomic E-state index is 11.6. The zero-order valence-corrected chi connectivity index (χ0v) is 18.9. The molecule has 0 bridgehead atoms. The molecule has 3 aromatic carbocycles. The van der Waals surface area contributed by atoms with Crippen molar-refractivity contribution in [1.82, 2.24) is 5.48 Å². The second-order valence-electron chi connectivity index (χ2n) is 8.67. The van der Waals surface area contributed by atoms with Crippen LogP contribution in [0.25, 0.3) is 33.2 Å². The highest BCUT2D eigenvalue weighted by Crippen LogP contribution is 2.42. The molecule has 0 aliphatic heterocycles. The summed E-state index contributed by atoms with van der Waals surface area (Å²) in [5, 5.41) is 8.80. The summed E-state index contributed by atoms with van der Waals surface area (Å²) >= 11 is 1.79. The van der Waals surface area contributed by atoms with Crippen LogP contribution in [0.15, 0.2) is 72.8 Å². The first-order chi connectivity index (χ1) is 16.2. The van der Waals surface area contributed by atoms with E-state index in [2.05, 4.69) is 54.6 Å². The number of hydroxylamine groups is 1. The topological polar surface area (TPSA) is 49.3 Å². The van der Waals surface area contributed by atoms with Crippen molar-refractivity contribution in [1.29, 1.82) is 0 Å². The van der Waals surface area contributed by atoms with Crippen LogP contribution >= 0.6 is 11.3 Å². The van der Waals surface area contributed by atoms with Gasteiger partial charge in [-0.3, -0.25) is 10.0 Å². The van der Waals surface area contributed by atoms with Crippen LogP contribution < -0.4 is 5.48 Å². The smallest absolute Gasteiger partial charge is 0.274 e. The number of benzene rings is 3. The van der Waals surface area contributed by atoms with E-state index in [1.807, 2.05) is 12.1 Å². The van der Waals surface area contributed by atoms with Gasteiger partial charge in [-0.05, 0) is 94.5 Å². The molecule has 0 saturated heterocycles. The molecule has 1 aromatic heterocycles. The monoisotopic (exact) mass is 449 g/mol. The Bertz CT molecular complexity index is 1410. The molecule has 4 heteroatoms. The normalized spacial score (nSPS) is 14.0. The minimum atomic E-state index is -0.495. The van der Waals surface area contributed by atoms with Crippen molar-refractivity contribution in [3.63, 3.8) is 0 Å². The molecule has 33 heavy (non-hydrogen) atoms. The maximum Gasteiger partial charge on any atom is 0.274 e. The molecule has 2 aliphatic rings. The summed E-state index contributed by atoms with van der Waals surface area (Å²) in [6.45, 7) is 0. The second-order valence-corrected chi connectivity index (χ2v) is 9.75. The van der Waals surface area contributed by atoms with E-state index in [0.29, 0.717) is 5.56 Å². The van der Waals surface area contributed by atoms with Crippen molar-refractivity contribution < 1.29 is 10.0 Å². The van der Waals surface area contributed by atoms with E-state index in [9.17, 15) is 4.79 Å². The Balaban J connectivity index is 1.31. The van der Waals surface area contributed by atoms with Gasteiger partial charge in [-0.1, -0.05) is 54.6 Å². The van der Waals surface area contributed by atoms with Crippen molar-refractivity contribution >= 4 is 28.9 Å². The van der Waals surface area contributed by atoms with Crippen LogP contribution in [0.2, 0.25) is 0 Å². The van der Waals surface area contributed by atoms with E-state index in [-0.39, 0.29) is 0 Å². The first kappa shape index (κ1) is 20.2. The molecule has 3 nitrogen and oxygen atoms in total. The molecule has 0 fully saturated rings. The Kier molecular flexibility index (Phi) is 4.97. The molecule has 0 spiro atoms. The van der Waals surface area contributed by atoms with E-state index in [0.717, 1.165) is 31.2 Å². The summed E-state index contributed by atoms with van der Waals surface area (Å²) < 4.78 is 0. The van der Waals surface area contributed by atoms with Gasteiger partial charge in [-0.15, -0.1) is 11.3 Å². The average Bonchev–Trinajstić information content (AvgIpc) is 3.38. The minimum Gasteiger partial charge on any atom is -0.288 e. The molecule has 0 saturated carbocycles. The molecule has 162 valence electrons. The molecule has 4 aromatic rings. The quantitative estimate of drug-likeness (QED) is 0.267. The lowest BCUT2D eigenvalue weighted by molar-refractivity contribution is 0.0706. The van der Waals surface area contributed by atoms with Gasteiger partial charge in [0.2, 0.25) is 0 Å². The van der Waals surface area contributed by atoms with Crippen LogP contribution in [-0.2, 0) is 19.3 Å². The van der Waals surface area contributed by atoms with Crippen LogP contribution in [-0.4, -0.2) is 11.1 Å². The average molecular weight is 450 g/mol. The van der Waals surface area contributed by atoms with Crippen molar-refractivity contribution in [3.05, 3.63) is 105 Å². The number of allylic oxidation sites excluding steroid dienone is 1. The highest BCUT2D eigenvalue weighted by atomic mass is 32.1. The van der Waals surface area contributed by atoms with Crippen LogP contribution in [0.4, 0.5) is 0 Å². The number of hydrogen-bond acceptors (Lipinski definition) is 3. The molecule has 2 aliphatic carbocycles. The minimum absolute atomic E-state index is 0.440. The first-order valence-electron chi connectivity index (χ1n) is 11.3. The van der Waals surface area contributed by atoms with Gasteiger partial charge in [0.25, 0.3) is 5.91 Å². The fourth-order valence-corrected chi connectivity index (χ4v) is 6.23. The van der Waals surface area contributed by atoms with E-state index >= 15 is 0 Å². The molecule has 0 atom stereocenters. The van der Waals surface area contributed by atoms with Crippen LogP contribution in [0.3, 0.4) is 0 Å². The van der Waals surface area contributed by atoms with Gasteiger partial charge in [-0.25, -0.2) is 5.48 Å². The van der Waals surface area contributed by atoms with Crippen LogP contribution in [0, 0.1) is 0 Å². The predicted octanol–water partition coefficient (Wildman–Crippen LogP) is 6.79. The molecule has 0 radical (unpaired) electrons. The van der Waals surface area contributed by atoms with Crippen LogP contribution in [0.5, 0.6) is 0 Å². The summed E-state index contributed by atoms with van der Waals surface area (Å²) in [5.74, 6) is -0.495. The highest BCUT2D eigenvalue weighted by molar-refractivity contribution is 7.16. The Morgan fingerprint density at radius 2 is 1.55 bits per heavy atom. The molecular formula is C29H23NO2S. The fraction of sp³-hybridized carbons (Fsp3) is 0.138. The van der Waals surface area contributed by atoms with E-state index in [1.54, 1.807) is 34.5 Å². The lowest BCUT2D eigenvalue weighted by Crippen LogP contribution is -2.18. The second kappa shape index (κ2) is 8.14. The summed E-state index contributed by atoms with van der Waals surface area (Å²) in [4.78, 5) is 14.0. The fourth-order valence-electron chi connectivity index (χ4n) is 5.17. The van der Waals surface area contributed by atoms with Crippen LogP contribution in [0.1, 0.15) is 43.9 Å². The van der Waals surface area contributed by atoms with Gasteiger partial charge in [0, 0.05) is 15.3 Å². The van der Waals surface area contributed by atoms with Gasteiger partial charge in [-0.2, -0.15) is 0 Å². The van der Waals surface area contributed by atoms with E-state index in [4.69, 9.17) is 5.21 Å². The van der Waals surface area contributed by atoms with Crippen molar-refractivity contribution in [2.75, 3.05) is 0 Å². The first-order valence-corrected chi connectivity index (χ1v) is 12.1. The maximum absolute atomic E-state index is 11.6. The number of hydrogen-bond donors (Lipinski definition) is 2. The molecule has 0 unspecified atom stereocenters. The van der Waals surface area contributed by atoms with Crippen molar-refractivity contribution in [2.45, 2.75) is 25.7 Å². The molecule has 6 rings (SSSR count). The third kappa shape index (κ3) is 3.52. The molecular weight excluding hydrogens is 426 g/mol. The number of aryl methyl sites for hydroxylation is 1. The standard InChI is InChI=1S/C29H23NO2S/c31-29(30-32)20-7-5-19(6-8-20)27-15-16-28(33-27)22-11-12-24-21(17-22)10-14-25-23-4-2-1-3-18(23)9-13-26(24)25/h1-8,10,14-17,32H,9,11-13H2,(H,30,31). The molecule has 1 heterocycles. The van der Waals surface area contributed by atoms with Crippen molar-refractivity contribution in [2.24, 2.45) is 0 Å². The van der Waals surface area contributed by atoms with Gasteiger partial charge in [0.05, 0.1) is 0 Å². The third-order valence-corrected chi connectivity index (χ3v) is 8.06. The Labute approximate surface area is 197 Å². The molecule has 1 amide bonds. The van der Waals surface area contributed by atoms with Gasteiger partial charge >= 0.3 is 0 Å². The van der Waals surface area contributed by atoms with E-state index < -0.39 is 5.91 Å². The van der Waals surface area contributed by atoms with E-state index in [1.165, 1.54) is 43.1 Å². The zero-order valence-electron chi connectivity index (χ0n) is 18.1. The number of thiophene rings is 1. The number of carbonyl (C=O) groups excluding carboxylic acids is 1. The third-order valence-electron chi connectivity index (χ3n) is 6.85. The Morgan fingerprint density at radius 3 is 2.39 bits per heavy atom. The Hall–Kier alpha value is -3.47. The largest absolute Gasteiger partial charge is 0.288 e. The summed E-state index contributed by atoms with van der Waals surface area (Å²) in [6, 6.07) is 25.1. The lowest BCUT2D eigenvalue weighted by atomic mass is 9.78. The van der Waals surface area contributed by atoms with Crippen molar-refractivity contribution in [3.8, 4) is 21.6 Å². The number of fused-ring (bicyclic) bond motifs is 5. The number of carbonyl (C=O) groups is 1. The van der Waals surface area contributed by atoms with Gasteiger partial charge < -0.3 is 0 Å². The predicted molar refractivity (Wildman–Crippen MR) is 134 cm³/mol. The zero-order chi connectivity index (χ0) is 22.4. The summed E-state index contributed by atoms with van der Waals surface area (Å²) in [6.07, 6.45) is 6.78. The highest BCUT2D eigenvalue weighted by Gasteiger charge is 2.23. The summed E-state index contributed by atoms with van der Waals surface area (Å²) in [5.41, 5.74) is 13.3. The SMILES string of the molecule is O=C(NO)c1ccc(-c2ccc(C3=Cc4ccc5c(c4CC3)CCc3ccccc3-5)s2)cc1. The number of rotatable bonds is 3. The lowest BCUT2D eigenvalue weighted by Gasteiger charge is -2.26. The van der Waals surface area contributed by atoms with Gasteiger partial charge in [0.1, 0.15) is 0 Å². The summed E-state index contributed by atoms with van der Waals surface area (Å²) in [7, 11) is 0.